The zero-order valence-corrected chi connectivity index (χ0v) is 18.6. The molecular formula is C25H32N4O2. The fourth-order valence-corrected chi connectivity index (χ4v) is 5.00. The minimum absolute atomic E-state index is 0.109. The summed E-state index contributed by atoms with van der Waals surface area (Å²) < 4.78 is 6.18. The van der Waals surface area contributed by atoms with Crippen molar-refractivity contribution in [2.45, 2.75) is 32.7 Å². The van der Waals surface area contributed by atoms with Crippen LogP contribution in [0.15, 0.2) is 29.3 Å². The summed E-state index contributed by atoms with van der Waals surface area (Å²) in [4.78, 5) is 24.7. The number of carbonyl (C=O) groups excluding carboxylic acids is 1. The van der Waals surface area contributed by atoms with Crippen molar-refractivity contribution in [1.82, 2.24) is 14.7 Å². The smallest absolute Gasteiger partial charge is 0.256 e. The standard InChI is InChI=1S/C25H32N4O2/c1-3-27-7-9-28(10-8-27)11-12-31-24-16-20-15-23-22(14-19(20)13-18(24)2)25(30)29-6-4-5-21(29)17-26-23/h13-17,21H,3-12H2,1-2H3/t21-/m0/s1. The minimum atomic E-state index is 0.109. The molecule has 0 saturated carbocycles. The molecule has 2 saturated heterocycles. The number of nitrogens with zero attached hydrogens (tertiary/aromatic N) is 4. The number of likely N-dealkylation sites (N-methyl/N-ethyl adjacent to an activating group) is 1. The van der Waals surface area contributed by atoms with E-state index in [1.165, 1.54) is 0 Å². The minimum Gasteiger partial charge on any atom is -0.492 e. The Morgan fingerprint density at radius 1 is 1.03 bits per heavy atom. The third-order valence-electron chi connectivity index (χ3n) is 7.00. The summed E-state index contributed by atoms with van der Waals surface area (Å²) in [6.45, 7) is 12.4. The SMILES string of the molecule is CCN1CCN(CCOc2cc3cc4c(cc3cc2C)C(=O)N2CCC[C@H]2C=N4)CC1. The van der Waals surface area contributed by atoms with E-state index in [0.717, 1.165) is 86.4 Å². The number of aryl methyl sites for hydroxylation is 1. The van der Waals surface area contributed by atoms with Crippen LogP contribution in [0.4, 0.5) is 5.69 Å². The van der Waals surface area contributed by atoms with Crippen LogP contribution in [0.3, 0.4) is 0 Å². The topological polar surface area (TPSA) is 48.4 Å². The Morgan fingerprint density at radius 2 is 1.81 bits per heavy atom. The molecule has 31 heavy (non-hydrogen) atoms. The maximum absolute atomic E-state index is 13.1. The van der Waals surface area contributed by atoms with Crippen molar-refractivity contribution < 1.29 is 9.53 Å². The van der Waals surface area contributed by atoms with Crippen LogP contribution < -0.4 is 4.74 Å². The molecule has 0 bridgehead atoms. The van der Waals surface area contributed by atoms with Gasteiger partial charge >= 0.3 is 0 Å². The predicted molar refractivity (Wildman–Crippen MR) is 125 cm³/mol. The van der Waals surface area contributed by atoms with Gasteiger partial charge in [-0.15, -0.1) is 0 Å². The molecule has 164 valence electrons. The van der Waals surface area contributed by atoms with E-state index in [4.69, 9.17) is 4.74 Å². The lowest BCUT2D eigenvalue weighted by molar-refractivity contribution is 0.0775. The highest BCUT2D eigenvalue weighted by Gasteiger charge is 2.31. The van der Waals surface area contributed by atoms with Gasteiger partial charge in [-0.25, -0.2) is 0 Å². The van der Waals surface area contributed by atoms with Gasteiger partial charge in [0.15, 0.2) is 0 Å². The molecule has 5 rings (SSSR count). The molecular weight excluding hydrogens is 388 g/mol. The van der Waals surface area contributed by atoms with E-state index < -0.39 is 0 Å². The van der Waals surface area contributed by atoms with Crippen LogP contribution in [0, 0.1) is 6.92 Å². The second kappa shape index (κ2) is 8.60. The molecule has 3 aliphatic rings. The van der Waals surface area contributed by atoms with Gasteiger partial charge in [-0.3, -0.25) is 14.7 Å². The second-order valence-electron chi connectivity index (χ2n) is 8.94. The average Bonchev–Trinajstić information content (AvgIpc) is 3.22. The molecule has 0 spiro atoms. The Labute approximate surface area is 184 Å². The number of fused-ring (bicyclic) bond motifs is 3. The first-order valence-electron chi connectivity index (χ1n) is 11.6. The summed E-state index contributed by atoms with van der Waals surface area (Å²) in [5.74, 6) is 1.03. The van der Waals surface area contributed by atoms with Crippen molar-refractivity contribution in [2.75, 3.05) is 52.4 Å². The molecule has 2 aromatic rings. The number of hydrogen-bond donors (Lipinski definition) is 0. The molecule has 0 radical (unpaired) electrons. The van der Waals surface area contributed by atoms with E-state index in [1.54, 1.807) is 0 Å². The first-order chi connectivity index (χ1) is 15.1. The van der Waals surface area contributed by atoms with Crippen LogP contribution >= 0.6 is 0 Å². The molecule has 0 N–H and O–H groups in total. The van der Waals surface area contributed by atoms with Crippen LogP contribution in [0.1, 0.15) is 35.7 Å². The molecule has 0 aromatic heterocycles. The average molecular weight is 421 g/mol. The molecule has 0 unspecified atom stereocenters. The van der Waals surface area contributed by atoms with E-state index in [0.29, 0.717) is 12.2 Å². The third-order valence-corrected chi connectivity index (χ3v) is 7.00. The lowest BCUT2D eigenvalue weighted by Crippen LogP contribution is -2.47. The van der Waals surface area contributed by atoms with E-state index in [9.17, 15) is 4.79 Å². The van der Waals surface area contributed by atoms with Crippen LogP contribution in [0.25, 0.3) is 10.8 Å². The summed E-state index contributed by atoms with van der Waals surface area (Å²) in [6, 6.07) is 8.43. The van der Waals surface area contributed by atoms with E-state index in [-0.39, 0.29) is 11.9 Å². The van der Waals surface area contributed by atoms with Gasteiger partial charge in [-0.05, 0) is 66.9 Å². The Morgan fingerprint density at radius 3 is 2.61 bits per heavy atom. The van der Waals surface area contributed by atoms with Gasteiger partial charge in [0.05, 0.1) is 17.3 Å². The zero-order valence-electron chi connectivity index (χ0n) is 18.6. The summed E-state index contributed by atoms with van der Waals surface area (Å²) in [5, 5.41) is 2.14. The highest BCUT2D eigenvalue weighted by molar-refractivity contribution is 6.06. The van der Waals surface area contributed by atoms with Gasteiger partial charge in [-0.2, -0.15) is 0 Å². The number of benzene rings is 2. The number of rotatable bonds is 5. The molecule has 2 fully saturated rings. The van der Waals surface area contributed by atoms with Gasteiger partial charge in [0, 0.05) is 45.5 Å². The molecule has 3 aliphatic heterocycles. The predicted octanol–water partition coefficient (Wildman–Crippen LogP) is 3.49. The van der Waals surface area contributed by atoms with Crippen LogP contribution in [-0.4, -0.2) is 85.3 Å². The lowest BCUT2D eigenvalue weighted by Gasteiger charge is -2.33. The van der Waals surface area contributed by atoms with Crippen molar-refractivity contribution in [1.29, 1.82) is 0 Å². The van der Waals surface area contributed by atoms with Gasteiger partial charge < -0.3 is 14.5 Å². The second-order valence-corrected chi connectivity index (χ2v) is 8.94. The Balaban J connectivity index is 1.32. The summed E-state index contributed by atoms with van der Waals surface area (Å²) >= 11 is 0. The molecule has 6 nitrogen and oxygen atoms in total. The lowest BCUT2D eigenvalue weighted by atomic mass is 10.0. The van der Waals surface area contributed by atoms with E-state index in [1.807, 2.05) is 23.2 Å². The first kappa shape index (κ1) is 20.5. The number of amides is 1. The summed E-state index contributed by atoms with van der Waals surface area (Å²) in [6.07, 6.45) is 4.01. The van der Waals surface area contributed by atoms with E-state index in [2.05, 4.69) is 40.8 Å². The molecule has 6 heteroatoms. The van der Waals surface area contributed by atoms with Crippen molar-refractivity contribution in [3.05, 3.63) is 35.4 Å². The number of ether oxygens (including phenoxy) is 1. The first-order valence-corrected chi connectivity index (χ1v) is 11.6. The normalized spacial score (nSPS) is 21.9. The molecule has 1 atom stereocenters. The highest BCUT2D eigenvalue weighted by atomic mass is 16.5. The molecule has 1 amide bonds. The monoisotopic (exact) mass is 420 g/mol. The van der Waals surface area contributed by atoms with Gasteiger partial charge in [0.25, 0.3) is 5.91 Å². The zero-order chi connectivity index (χ0) is 21.4. The van der Waals surface area contributed by atoms with E-state index >= 15 is 0 Å². The van der Waals surface area contributed by atoms with Crippen LogP contribution in [0.5, 0.6) is 5.75 Å². The number of hydrogen-bond acceptors (Lipinski definition) is 5. The molecule has 3 heterocycles. The van der Waals surface area contributed by atoms with Gasteiger partial charge in [-0.1, -0.05) is 6.92 Å². The van der Waals surface area contributed by atoms with Crippen molar-refractivity contribution in [3.8, 4) is 5.75 Å². The summed E-state index contributed by atoms with van der Waals surface area (Å²) in [7, 11) is 0. The van der Waals surface area contributed by atoms with Crippen LogP contribution in [-0.2, 0) is 0 Å². The van der Waals surface area contributed by atoms with Crippen LogP contribution in [0.2, 0.25) is 0 Å². The van der Waals surface area contributed by atoms with Gasteiger partial charge in [0.1, 0.15) is 12.4 Å². The fourth-order valence-electron chi connectivity index (χ4n) is 5.00. The largest absolute Gasteiger partial charge is 0.492 e. The third kappa shape index (κ3) is 4.06. The number of carbonyl (C=O) groups is 1. The van der Waals surface area contributed by atoms with Gasteiger partial charge in [0.2, 0.25) is 0 Å². The van der Waals surface area contributed by atoms with Crippen molar-refractivity contribution in [3.63, 3.8) is 0 Å². The summed E-state index contributed by atoms with van der Waals surface area (Å²) in [5.41, 5.74) is 2.59. The highest BCUT2D eigenvalue weighted by Crippen LogP contribution is 2.34. The maximum Gasteiger partial charge on any atom is 0.256 e. The molecule has 2 aromatic carbocycles. The Hall–Kier alpha value is -2.44. The number of piperazine rings is 1. The maximum atomic E-state index is 13.1. The van der Waals surface area contributed by atoms with Crippen molar-refractivity contribution >= 4 is 28.6 Å². The number of aliphatic imine (C=N–C) groups is 1. The quantitative estimate of drug-likeness (QED) is 0.743. The Bertz CT molecular complexity index is 1010. The molecule has 0 aliphatic carbocycles. The Kier molecular flexibility index (Phi) is 5.67. The van der Waals surface area contributed by atoms with Crippen molar-refractivity contribution in [2.24, 2.45) is 4.99 Å². The fraction of sp³-hybridized carbons (Fsp3) is 0.520.